The molecule has 0 aromatic carbocycles. The number of aliphatic hydroxyl groups excluding tert-OH is 3. The minimum atomic E-state index is -1.19. The molecule has 0 aliphatic carbocycles. The summed E-state index contributed by atoms with van der Waals surface area (Å²) in [5.74, 6) is 0.218. The Balaban J connectivity index is 0.00000147. The number of hydrogen-bond donors (Lipinski definition) is 4. The normalized spacial score (nSPS) is 29.6. The highest BCUT2D eigenvalue weighted by Crippen LogP contribution is 2.31. The second-order valence-corrected chi connectivity index (χ2v) is 4.31. The summed E-state index contributed by atoms with van der Waals surface area (Å²) in [7, 11) is 0. The standard InChI is InChI=1S/C10H13N5O4.Mg/c11-8-5-9(13-2-12-8)15(3-14-5)10-7(18)6(17)4(1-16)19-10;/h2-4,6-7,10,16-18H,1H2,(H2,11,12,13);/t4-,6-,7-,10-;/m1./s1. The van der Waals surface area contributed by atoms with E-state index in [9.17, 15) is 10.2 Å². The molecule has 2 aromatic rings. The van der Waals surface area contributed by atoms with Crippen molar-refractivity contribution in [1.82, 2.24) is 19.5 Å². The molecule has 3 heterocycles. The fraction of sp³-hybridized carbons (Fsp3) is 0.500. The largest absolute Gasteiger partial charge is 0.394 e. The van der Waals surface area contributed by atoms with Crippen molar-refractivity contribution in [2.24, 2.45) is 0 Å². The van der Waals surface area contributed by atoms with E-state index in [-0.39, 0.29) is 28.9 Å². The van der Waals surface area contributed by atoms with E-state index in [0.29, 0.717) is 11.2 Å². The molecule has 4 atom stereocenters. The predicted molar refractivity (Wildman–Crippen MR) is 68.5 cm³/mol. The number of anilines is 1. The van der Waals surface area contributed by atoms with E-state index in [1.807, 2.05) is 0 Å². The van der Waals surface area contributed by atoms with Gasteiger partial charge in [-0.3, -0.25) is 4.57 Å². The van der Waals surface area contributed by atoms with Crippen molar-refractivity contribution in [2.45, 2.75) is 24.5 Å². The van der Waals surface area contributed by atoms with Crippen molar-refractivity contribution < 1.29 is 20.1 Å². The Hall–Kier alpha value is -1.04. The van der Waals surface area contributed by atoms with Crippen LogP contribution in [0.3, 0.4) is 0 Å². The van der Waals surface area contributed by atoms with E-state index in [1.54, 1.807) is 0 Å². The molecule has 1 fully saturated rings. The SMILES string of the molecule is Nc1ncnc2c1ncn2[C@@H]1O[C@H](CO)[C@@H](O)[C@H]1O.[Mg]. The van der Waals surface area contributed by atoms with Gasteiger partial charge in [-0.1, -0.05) is 0 Å². The second-order valence-electron chi connectivity index (χ2n) is 4.31. The maximum atomic E-state index is 9.95. The Morgan fingerprint density at radius 3 is 2.65 bits per heavy atom. The maximum absolute atomic E-state index is 9.95. The highest BCUT2D eigenvalue weighted by Gasteiger charge is 2.43. The van der Waals surface area contributed by atoms with Gasteiger partial charge in [0.1, 0.15) is 30.2 Å². The molecule has 0 amide bonds. The van der Waals surface area contributed by atoms with Crippen LogP contribution in [0.4, 0.5) is 5.82 Å². The third kappa shape index (κ3) is 2.23. The number of nitrogen functional groups attached to an aromatic ring is 1. The van der Waals surface area contributed by atoms with Crippen molar-refractivity contribution >= 4 is 40.0 Å². The van der Waals surface area contributed by atoms with Gasteiger partial charge in [-0.15, -0.1) is 0 Å². The third-order valence-electron chi connectivity index (χ3n) is 3.18. The van der Waals surface area contributed by atoms with E-state index < -0.39 is 31.1 Å². The van der Waals surface area contributed by atoms with Crippen LogP contribution in [0.2, 0.25) is 0 Å². The molecular weight excluding hydrogens is 278 g/mol. The molecule has 0 spiro atoms. The van der Waals surface area contributed by atoms with E-state index in [2.05, 4.69) is 15.0 Å². The fourth-order valence-corrected chi connectivity index (χ4v) is 2.17. The van der Waals surface area contributed by atoms with Crippen molar-refractivity contribution in [2.75, 3.05) is 12.3 Å². The van der Waals surface area contributed by atoms with Gasteiger partial charge in [-0.2, -0.15) is 0 Å². The molecule has 0 bridgehead atoms. The van der Waals surface area contributed by atoms with Gasteiger partial charge in [0.25, 0.3) is 0 Å². The molecule has 10 heteroatoms. The van der Waals surface area contributed by atoms with Crippen LogP contribution in [0.5, 0.6) is 0 Å². The number of aliphatic hydroxyl groups is 3. The van der Waals surface area contributed by atoms with Gasteiger partial charge in [0, 0.05) is 23.1 Å². The molecule has 20 heavy (non-hydrogen) atoms. The van der Waals surface area contributed by atoms with Gasteiger partial charge in [0.2, 0.25) is 0 Å². The summed E-state index contributed by atoms with van der Waals surface area (Å²) in [6.45, 7) is -0.390. The summed E-state index contributed by atoms with van der Waals surface area (Å²) >= 11 is 0. The molecule has 9 nitrogen and oxygen atoms in total. The molecule has 1 aliphatic rings. The average Bonchev–Trinajstić information content (AvgIpc) is 2.94. The Kier molecular flexibility index (Phi) is 4.41. The summed E-state index contributed by atoms with van der Waals surface area (Å²) in [6.07, 6.45) is -1.42. The highest BCUT2D eigenvalue weighted by molar-refractivity contribution is 5.81. The lowest BCUT2D eigenvalue weighted by molar-refractivity contribution is -0.0511. The lowest BCUT2D eigenvalue weighted by Gasteiger charge is -2.16. The van der Waals surface area contributed by atoms with Gasteiger partial charge in [0.05, 0.1) is 12.9 Å². The zero-order chi connectivity index (χ0) is 13.6. The van der Waals surface area contributed by atoms with Crippen LogP contribution in [-0.2, 0) is 4.74 Å². The van der Waals surface area contributed by atoms with Gasteiger partial charge in [0.15, 0.2) is 17.7 Å². The minimum Gasteiger partial charge on any atom is -0.394 e. The van der Waals surface area contributed by atoms with E-state index in [1.165, 1.54) is 17.2 Å². The summed E-state index contributed by atoms with van der Waals surface area (Å²) in [5.41, 5.74) is 6.44. The topological polar surface area (TPSA) is 140 Å². The number of nitrogens with two attached hydrogens (primary N) is 1. The number of nitrogens with zero attached hydrogens (tertiary/aromatic N) is 4. The summed E-state index contributed by atoms with van der Waals surface area (Å²) in [5, 5.41) is 28.7. The maximum Gasteiger partial charge on any atom is 0.167 e. The molecule has 1 aliphatic heterocycles. The smallest absolute Gasteiger partial charge is 0.167 e. The van der Waals surface area contributed by atoms with Crippen LogP contribution < -0.4 is 5.73 Å². The number of imidazole rings is 1. The Morgan fingerprint density at radius 1 is 1.25 bits per heavy atom. The Morgan fingerprint density at radius 2 is 2.00 bits per heavy atom. The lowest BCUT2D eigenvalue weighted by atomic mass is 10.1. The summed E-state index contributed by atoms with van der Waals surface area (Å²) in [4.78, 5) is 11.9. The number of ether oxygens (including phenoxy) is 1. The first kappa shape index (κ1) is 15.3. The molecule has 104 valence electrons. The van der Waals surface area contributed by atoms with Gasteiger partial charge in [-0.05, 0) is 0 Å². The predicted octanol–water partition coefficient (Wildman–Crippen LogP) is -2.36. The third-order valence-corrected chi connectivity index (χ3v) is 3.18. The van der Waals surface area contributed by atoms with Gasteiger partial charge >= 0.3 is 0 Å². The van der Waals surface area contributed by atoms with Crippen LogP contribution in [0.25, 0.3) is 11.2 Å². The molecular formula is C10H13MgN5O4. The van der Waals surface area contributed by atoms with Crippen LogP contribution in [0.15, 0.2) is 12.7 Å². The highest BCUT2D eigenvalue weighted by atomic mass is 24.3. The van der Waals surface area contributed by atoms with Crippen LogP contribution >= 0.6 is 0 Å². The Labute approximate surface area is 129 Å². The number of rotatable bonds is 2. The fourth-order valence-electron chi connectivity index (χ4n) is 2.17. The van der Waals surface area contributed by atoms with Crippen LogP contribution in [-0.4, -0.2) is 82.8 Å². The molecule has 0 unspecified atom stereocenters. The molecule has 2 aromatic heterocycles. The van der Waals surface area contributed by atoms with Crippen molar-refractivity contribution in [3.63, 3.8) is 0 Å². The first-order valence-electron chi connectivity index (χ1n) is 5.69. The number of aromatic nitrogens is 4. The summed E-state index contributed by atoms with van der Waals surface area (Å²) < 4.78 is 6.85. The molecule has 1 saturated heterocycles. The second kappa shape index (κ2) is 5.75. The van der Waals surface area contributed by atoms with Crippen LogP contribution in [0.1, 0.15) is 6.23 Å². The summed E-state index contributed by atoms with van der Waals surface area (Å²) in [6, 6.07) is 0. The van der Waals surface area contributed by atoms with Crippen molar-refractivity contribution in [1.29, 1.82) is 0 Å². The average molecular weight is 292 g/mol. The lowest BCUT2D eigenvalue weighted by Crippen LogP contribution is -2.33. The van der Waals surface area contributed by atoms with Crippen molar-refractivity contribution in [3.05, 3.63) is 12.7 Å². The minimum absolute atomic E-state index is 0. The Bertz CT molecular complexity index is 608. The molecule has 3 rings (SSSR count). The van der Waals surface area contributed by atoms with E-state index in [4.69, 9.17) is 15.6 Å². The van der Waals surface area contributed by atoms with Gasteiger partial charge < -0.3 is 25.8 Å². The monoisotopic (exact) mass is 291 g/mol. The van der Waals surface area contributed by atoms with Crippen molar-refractivity contribution in [3.8, 4) is 0 Å². The first-order chi connectivity index (χ1) is 9.13. The van der Waals surface area contributed by atoms with Gasteiger partial charge in [-0.25, -0.2) is 15.0 Å². The molecule has 5 N–H and O–H groups in total. The van der Waals surface area contributed by atoms with E-state index >= 15 is 0 Å². The van der Waals surface area contributed by atoms with Crippen LogP contribution in [0, 0.1) is 0 Å². The molecule has 2 radical (unpaired) electrons. The zero-order valence-corrected chi connectivity index (χ0v) is 11.9. The quantitative estimate of drug-likeness (QED) is 0.451. The molecule has 0 saturated carbocycles. The number of hydrogen-bond acceptors (Lipinski definition) is 8. The van der Waals surface area contributed by atoms with E-state index in [0.717, 1.165) is 0 Å². The zero-order valence-electron chi connectivity index (χ0n) is 10.5. The number of fused-ring (bicyclic) bond motifs is 1. The first-order valence-corrected chi connectivity index (χ1v) is 5.69.